The highest BCUT2D eigenvalue weighted by Crippen LogP contribution is 2.26. The van der Waals surface area contributed by atoms with Crippen LogP contribution in [0.2, 0.25) is 0 Å². The highest BCUT2D eigenvalue weighted by Gasteiger charge is 2.32. The van der Waals surface area contributed by atoms with Crippen molar-refractivity contribution in [3.8, 4) is 5.75 Å². The minimum atomic E-state index is -4.11. The molecule has 1 N–H and O–H groups in total. The van der Waals surface area contributed by atoms with E-state index in [1.54, 1.807) is 43.3 Å². The molecule has 0 spiro atoms. The summed E-state index contributed by atoms with van der Waals surface area (Å²) in [5, 5.41) is 2.94. The number of nitrogens with zero attached hydrogens (tertiary/aromatic N) is 2. The lowest BCUT2D eigenvalue weighted by atomic mass is 10.1. The van der Waals surface area contributed by atoms with Crippen LogP contribution in [0.3, 0.4) is 0 Å². The number of ether oxygens (including phenoxy) is 1. The summed E-state index contributed by atoms with van der Waals surface area (Å²) in [6.45, 7) is 7.19. The van der Waals surface area contributed by atoms with Crippen LogP contribution in [-0.2, 0) is 26.0 Å². The number of rotatable bonds is 13. The molecule has 0 aliphatic heterocycles. The first-order valence-electron chi connectivity index (χ1n) is 13.4. The molecule has 2 atom stereocenters. The van der Waals surface area contributed by atoms with Crippen LogP contribution in [0.1, 0.15) is 38.3 Å². The molecule has 2 amide bonds. The number of amides is 2. The topological polar surface area (TPSA) is 96.0 Å². The normalized spacial score (nSPS) is 12.7. The van der Waals surface area contributed by atoms with Crippen LogP contribution in [0, 0.1) is 6.92 Å². The fourth-order valence-electron chi connectivity index (χ4n) is 4.15. The molecule has 0 fully saturated rings. The maximum atomic E-state index is 13.9. The van der Waals surface area contributed by atoms with E-state index in [-0.39, 0.29) is 23.4 Å². The highest BCUT2D eigenvalue weighted by atomic mass is 32.2. The van der Waals surface area contributed by atoms with Crippen molar-refractivity contribution in [2.45, 2.75) is 57.5 Å². The molecule has 0 radical (unpaired) electrons. The minimum Gasteiger partial charge on any atom is -0.497 e. The molecule has 40 heavy (non-hydrogen) atoms. The standard InChI is InChI=1S/C31H39N3O5S/c1-6-24(3)32-31(36)25(4)33(21-20-26-10-8-7-9-11-26)30(35)22-34(27-14-16-28(39-5)17-15-27)40(37,38)29-18-12-23(2)13-19-29/h7-19,24-25H,6,20-22H2,1-5H3,(H,32,36). The van der Waals surface area contributed by atoms with Gasteiger partial charge in [0.05, 0.1) is 17.7 Å². The lowest BCUT2D eigenvalue weighted by Crippen LogP contribution is -2.53. The van der Waals surface area contributed by atoms with Crippen molar-refractivity contribution in [3.63, 3.8) is 0 Å². The van der Waals surface area contributed by atoms with Crippen molar-refractivity contribution < 1.29 is 22.7 Å². The second kappa shape index (κ2) is 14.0. The maximum absolute atomic E-state index is 13.9. The Kier molecular flexibility index (Phi) is 10.7. The summed E-state index contributed by atoms with van der Waals surface area (Å²) < 4.78 is 34.1. The molecule has 8 nitrogen and oxygen atoms in total. The molecular formula is C31H39N3O5S. The molecule has 0 aliphatic rings. The van der Waals surface area contributed by atoms with Gasteiger partial charge in [0.1, 0.15) is 18.3 Å². The second-order valence-corrected chi connectivity index (χ2v) is 11.7. The Bertz CT molecular complexity index is 1360. The van der Waals surface area contributed by atoms with Gasteiger partial charge < -0.3 is 15.0 Å². The lowest BCUT2D eigenvalue weighted by molar-refractivity contribution is -0.139. The number of nitrogens with one attached hydrogen (secondary N) is 1. The fourth-order valence-corrected chi connectivity index (χ4v) is 5.56. The van der Waals surface area contributed by atoms with E-state index in [2.05, 4.69) is 5.32 Å². The van der Waals surface area contributed by atoms with E-state index in [9.17, 15) is 18.0 Å². The molecule has 0 saturated carbocycles. The van der Waals surface area contributed by atoms with E-state index >= 15 is 0 Å². The van der Waals surface area contributed by atoms with Gasteiger partial charge in [-0.3, -0.25) is 13.9 Å². The van der Waals surface area contributed by atoms with Crippen LogP contribution in [0.5, 0.6) is 5.75 Å². The first kappa shape index (κ1) is 30.7. The van der Waals surface area contributed by atoms with E-state index in [0.717, 1.165) is 21.9 Å². The van der Waals surface area contributed by atoms with Crippen LogP contribution in [-0.4, -0.2) is 57.4 Å². The first-order valence-corrected chi connectivity index (χ1v) is 14.9. The number of anilines is 1. The number of carbonyl (C=O) groups is 2. The molecule has 214 valence electrons. The molecule has 3 aromatic rings. The van der Waals surface area contributed by atoms with E-state index in [1.807, 2.05) is 51.1 Å². The Balaban J connectivity index is 1.97. The summed E-state index contributed by atoms with van der Waals surface area (Å²) in [5.74, 6) is -0.204. The van der Waals surface area contributed by atoms with Crippen molar-refractivity contribution in [2.24, 2.45) is 0 Å². The third kappa shape index (κ3) is 7.85. The smallest absolute Gasteiger partial charge is 0.264 e. The molecule has 0 saturated heterocycles. The SMILES string of the molecule is CCC(C)NC(=O)C(C)N(CCc1ccccc1)C(=O)CN(c1ccc(OC)cc1)S(=O)(=O)c1ccc(C)cc1. The van der Waals surface area contributed by atoms with Crippen LogP contribution in [0.4, 0.5) is 5.69 Å². The zero-order chi connectivity index (χ0) is 29.3. The predicted molar refractivity (Wildman–Crippen MR) is 158 cm³/mol. The van der Waals surface area contributed by atoms with Crippen molar-refractivity contribution >= 4 is 27.5 Å². The largest absolute Gasteiger partial charge is 0.497 e. The third-order valence-corrected chi connectivity index (χ3v) is 8.69. The van der Waals surface area contributed by atoms with Gasteiger partial charge in [-0.25, -0.2) is 8.42 Å². The van der Waals surface area contributed by atoms with Gasteiger partial charge in [0.15, 0.2) is 0 Å². The summed E-state index contributed by atoms with van der Waals surface area (Å²) in [6, 6.07) is 21.8. The quantitative estimate of drug-likeness (QED) is 0.328. The zero-order valence-corrected chi connectivity index (χ0v) is 24.6. The van der Waals surface area contributed by atoms with Crippen molar-refractivity contribution in [3.05, 3.63) is 90.0 Å². The third-order valence-electron chi connectivity index (χ3n) is 6.90. The van der Waals surface area contributed by atoms with Gasteiger partial charge in [0.25, 0.3) is 10.0 Å². The molecule has 0 heterocycles. The highest BCUT2D eigenvalue weighted by molar-refractivity contribution is 7.92. The molecule has 2 unspecified atom stereocenters. The Labute approximate surface area is 238 Å². The van der Waals surface area contributed by atoms with Gasteiger partial charge in [0, 0.05) is 12.6 Å². The lowest BCUT2D eigenvalue weighted by Gasteiger charge is -2.32. The van der Waals surface area contributed by atoms with Crippen LogP contribution >= 0.6 is 0 Å². The second-order valence-electron chi connectivity index (χ2n) is 9.84. The van der Waals surface area contributed by atoms with Crippen molar-refractivity contribution in [1.82, 2.24) is 10.2 Å². The molecule has 0 aliphatic carbocycles. The van der Waals surface area contributed by atoms with E-state index < -0.39 is 28.5 Å². The molecule has 0 bridgehead atoms. The van der Waals surface area contributed by atoms with Crippen molar-refractivity contribution in [2.75, 3.05) is 24.5 Å². The summed E-state index contributed by atoms with van der Waals surface area (Å²) in [5.41, 5.74) is 2.24. The summed E-state index contributed by atoms with van der Waals surface area (Å²) in [7, 11) is -2.59. The van der Waals surface area contributed by atoms with Gasteiger partial charge in [-0.2, -0.15) is 0 Å². The number of methoxy groups -OCH3 is 1. The van der Waals surface area contributed by atoms with Gasteiger partial charge in [-0.05, 0) is 75.6 Å². The molecular weight excluding hydrogens is 526 g/mol. The summed E-state index contributed by atoms with van der Waals surface area (Å²) >= 11 is 0. The predicted octanol–water partition coefficient (Wildman–Crippen LogP) is 4.57. The number of aryl methyl sites for hydroxylation is 1. The van der Waals surface area contributed by atoms with Gasteiger partial charge >= 0.3 is 0 Å². The summed E-state index contributed by atoms with van der Waals surface area (Å²) in [4.78, 5) is 28.5. The number of hydrogen-bond donors (Lipinski definition) is 1. The van der Waals surface area contributed by atoms with Gasteiger partial charge in [-0.15, -0.1) is 0 Å². The first-order chi connectivity index (χ1) is 19.1. The Morgan fingerprint density at radius 2 is 1.55 bits per heavy atom. The fraction of sp³-hybridized carbons (Fsp3) is 0.355. The van der Waals surface area contributed by atoms with Crippen LogP contribution in [0.15, 0.2) is 83.8 Å². The molecule has 3 aromatic carbocycles. The molecule has 3 rings (SSSR count). The minimum absolute atomic E-state index is 0.0567. The van der Waals surface area contributed by atoms with Crippen LogP contribution in [0.25, 0.3) is 0 Å². The number of benzene rings is 3. The molecule has 9 heteroatoms. The maximum Gasteiger partial charge on any atom is 0.264 e. The Morgan fingerprint density at radius 1 is 0.925 bits per heavy atom. The van der Waals surface area contributed by atoms with E-state index in [0.29, 0.717) is 17.9 Å². The van der Waals surface area contributed by atoms with E-state index in [4.69, 9.17) is 4.74 Å². The Morgan fingerprint density at radius 3 is 2.12 bits per heavy atom. The number of hydrogen-bond acceptors (Lipinski definition) is 5. The summed E-state index contributed by atoms with van der Waals surface area (Å²) in [6.07, 6.45) is 1.26. The molecule has 0 aromatic heterocycles. The zero-order valence-electron chi connectivity index (χ0n) is 23.8. The van der Waals surface area contributed by atoms with Gasteiger partial charge in [-0.1, -0.05) is 55.0 Å². The van der Waals surface area contributed by atoms with Crippen LogP contribution < -0.4 is 14.4 Å². The average Bonchev–Trinajstić information content (AvgIpc) is 2.96. The van der Waals surface area contributed by atoms with Crippen molar-refractivity contribution in [1.29, 1.82) is 0 Å². The number of carbonyl (C=O) groups excluding carboxylic acids is 2. The van der Waals surface area contributed by atoms with E-state index in [1.165, 1.54) is 24.1 Å². The van der Waals surface area contributed by atoms with Gasteiger partial charge in [0.2, 0.25) is 11.8 Å². The average molecular weight is 566 g/mol. The Hall–Kier alpha value is -3.85. The monoisotopic (exact) mass is 565 g/mol. The number of sulfonamides is 1.